The van der Waals surface area contributed by atoms with Crippen LogP contribution in [0.4, 0.5) is 0 Å². The molecular formula is C9H13NO8. The van der Waals surface area contributed by atoms with Gasteiger partial charge in [0.15, 0.2) is 5.60 Å². The molecule has 0 fully saturated rings. The first-order valence-electron chi connectivity index (χ1n) is 4.36. The van der Waals surface area contributed by atoms with E-state index in [4.69, 9.17) is 20.4 Å². The first-order valence-corrected chi connectivity index (χ1v) is 4.36. The summed E-state index contributed by atoms with van der Waals surface area (Å²) < 4.78 is 0. The number of carbonyl (C=O) groups is 4. The maximum atomic E-state index is 10.3. The number of carbonyl (C=O) groups excluding carboxylic acids is 1. The summed E-state index contributed by atoms with van der Waals surface area (Å²) in [6.07, 6.45) is -1.23. The summed E-state index contributed by atoms with van der Waals surface area (Å²) in [6, 6.07) is 0. The van der Waals surface area contributed by atoms with Crippen LogP contribution in [0.3, 0.4) is 0 Å². The lowest BCUT2D eigenvalue weighted by atomic mass is 9.96. The molecule has 0 unspecified atom stereocenters. The number of hydrogen-bond acceptors (Lipinski definition) is 5. The van der Waals surface area contributed by atoms with Crippen LogP contribution in [0.5, 0.6) is 0 Å². The predicted molar refractivity (Wildman–Crippen MR) is 56.5 cm³/mol. The number of primary amides is 1. The van der Waals surface area contributed by atoms with E-state index < -0.39 is 42.3 Å². The van der Waals surface area contributed by atoms with Gasteiger partial charge in [-0.2, -0.15) is 0 Å². The molecule has 0 heterocycles. The SMILES string of the molecule is C=CC(N)=O.O=C(O)CC(O)(CC(=O)O)C(=O)O. The normalized spacial score (nSPS) is 9.61. The van der Waals surface area contributed by atoms with Crippen molar-refractivity contribution in [1.82, 2.24) is 0 Å². The number of amides is 1. The molecule has 0 rings (SSSR count). The summed E-state index contributed by atoms with van der Waals surface area (Å²) in [6.45, 7) is 3.09. The van der Waals surface area contributed by atoms with E-state index in [9.17, 15) is 19.2 Å². The minimum atomic E-state index is -2.74. The van der Waals surface area contributed by atoms with E-state index in [1.54, 1.807) is 0 Å². The molecule has 102 valence electrons. The van der Waals surface area contributed by atoms with Gasteiger partial charge in [-0.25, -0.2) is 4.79 Å². The molecule has 6 N–H and O–H groups in total. The van der Waals surface area contributed by atoms with Crippen LogP contribution in [0, 0.1) is 0 Å². The number of aliphatic hydroxyl groups is 1. The quantitative estimate of drug-likeness (QED) is 0.356. The zero-order valence-electron chi connectivity index (χ0n) is 9.20. The molecule has 0 aliphatic heterocycles. The molecule has 0 aliphatic carbocycles. The number of rotatable bonds is 6. The van der Waals surface area contributed by atoms with Gasteiger partial charge in [0.1, 0.15) is 0 Å². The lowest BCUT2D eigenvalue weighted by Crippen LogP contribution is -2.42. The van der Waals surface area contributed by atoms with Gasteiger partial charge in [0.25, 0.3) is 0 Å². The molecule has 0 saturated carbocycles. The smallest absolute Gasteiger partial charge is 0.336 e. The van der Waals surface area contributed by atoms with Crippen LogP contribution < -0.4 is 5.73 Å². The van der Waals surface area contributed by atoms with Crippen LogP contribution in [-0.2, 0) is 19.2 Å². The first kappa shape index (κ1) is 18.0. The predicted octanol–water partition coefficient (Wildman–Crippen LogP) is -1.59. The van der Waals surface area contributed by atoms with Crippen molar-refractivity contribution >= 4 is 23.8 Å². The summed E-state index contributed by atoms with van der Waals surface area (Å²) in [4.78, 5) is 40.0. The zero-order chi connectivity index (χ0) is 14.9. The highest BCUT2D eigenvalue weighted by atomic mass is 16.4. The second kappa shape index (κ2) is 7.79. The Labute approximate surface area is 101 Å². The Kier molecular flexibility index (Phi) is 7.77. The molecule has 0 saturated heterocycles. The fraction of sp³-hybridized carbons (Fsp3) is 0.333. The molecule has 0 aromatic rings. The van der Waals surface area contributed by atoms with Crippen LogP contribution in [0.2, 0.25) is 0 Å². The van der Waals surface area contributed by atoms with Crippen molar-refractivity contribution in [3.63, 3.8) is 0 Å². The van der Waals surface area contributed by atoms with Gasteiger partial charge >= 0.3 is 17.9 Å². The summed E-state index contributed by atoms with van der Waals surface area (Å²) in [5.74, 6) is -5.50. The lowest BCUT2D eigenvalue weighted by molar-refractivity contribution is -0.170. The van der Waals surface area contributed by atoms with Gasteiger partial charge in [-0.15, -0.1) is 0 Å². The number of hydrogen-bond donors (Lipinski definition) is 5. The third kappa shape index (κ3) is 8.85. The average molecular weight is 263 g/mol. The van der Waals surface area contributed by atoms with E-state index in [2.05, 4.69) is 12.3 Å². The second-order valence-corrected chi connectivity index (χ2v) is 3.08. The van der Waals surface area contributed by atoms with Crippen LogP contribution in [0.25, 0.3) is 0 Å². The maximum absolute atomic E-state index is 10.3. The molecular weight excluding hydrogens is 250 g/mol. The van der Waals surface area contributed by atoms with Crippen LogP contribution >= 0.6 is 0 Å². The van der Waals surface area contributed by atoms with Crippen molar-refractivity contribution in [2.75, 3.05) is 0 Å². The minimum Gasteiger partial charge on any atom is -0.481 e. The molecule has 9 heteroatoms. The number of carboxylic acids is 3. The maximum Gasteiger partial charge on any atom is 0.336 e. The van der Waals surface area contributed by atoms with Gasteiger partial charge in [0.2, 0.25) is 5.91 Å². The van der Waals surface area contributed by atoms with E-state index >= 15 is 0 Å². The Hall–Kier alpha value is -2.42. The zero-order valence-corrected chi connectivity index (χ0v) is 9.20. The Morgan fingerprint density at radius 3 is 1.44 bits per heavy atom. The molecule has 1 amide bonds. The van der Waals surface area contributed by atoms with Crippen molar-refractivity contribution in [3.8, 4) is 0 Å². The third-order valence-electron chi connectivity index (χ3n) is 1.49. The second-order valence-electron chi connectivity index (χ2n) is 3.08. The number of nitrogens with two attached hydrogens (primary N) is 1. The summed E-state index contributed by atoms with van der Waals surface area (Å²) >= 11 is 0. The van der Waals surface area contributed by atoms with Gasteiger partial charge in [-0.05, 0) is 6.08 Å². The molecule has 0 radical (unpaired) electrons. The molecule has 0 aromatic heterocycles. The van der Waals surface area contributed by atoms with Crippen molar-refractivity contribution in [2.45, 2.75) is 18.4 Å². The Morgan fingerprint density at radius 2 is 1.33 bits per heavy atom. The highest BCUT2D eigenvalue weighted by Crippen LogP contribution is 2.15. The fourth-order valence-corrected chi connectivity index (χ4v) is 0.714. The van der Waals surface area contributed by atoms with E-state index in [1.165, 1.54) is 0 Å². The minimum absolute atomic E-state index is 0.481. The molecule has 0 atom stereocenters. The number of carboxylic acid groups (broad SMARTS) is 3. The molecule has 0 spiro atoms. The molecule has 0 bridgehead atoms. The van der Waals surface area contributed by atoms with Crippen molar-refractivity contribution < 1.29 is 39.6 Å². The van der Waals surface area contributed by atoms with Crippen LogP contribution in [-0.4, -0.2) is 49.8 Å². The molecule has 9 nitrogen and oxygen atoms in total. The average Bonchev–Trinajstić information content (AvgIpc) is 2.15. The van der Waals surface area contributed by atoms with Gasteiger partial charge in [0, 0.05) is 0 Å². The Morgan fingerprint density at radius 1 is 1.06 bits per heavy atom. The van der Waals surface area contributed by atoms with Crippen molar-refractivity contribution in [2.24, 2.45) is 5.73 Å². The van der Waals surface area contributed by atoms with Gasteiger partial charge in [0.05, 0.1) is 12.8 Å². The van der Waals surface area contributed by atoms with Crippen LogP contribution in [0.15, 0.2) is 12.7 Å². The summed E-state index contributed by atoms with van der Waals surface area (Å²) in [7, 11) is 0. The molecule has 18 heavy (non-hydrogen) atoms. The van der Waals surface area contributed by atoms with Gasteiger partial charge < -0.3 is 26.2 Å². The van der Waals surface area contributed by atoms with Gasteiger partial charge in [-0.1, -0.05) is 6.58 Å². The first-order chi connectivity index (χ1) is 8.05. The molecule has 0 aromatic carbocycles. The monoisotopic (exact) mass is 263 g/mol. The fourth-order valence-electron chi connectivity index (χ4n) is 0.714. The molecule has 0 aliphatic rings. The van der Waals surface area contributed by atoms with Crippen molar-refractivity contribution in [1.29, 1.82) is 0 Å². The largest absolute Gasteiger partial charge is 0.481 e. The van der Waals surface area contributed by atoms with Crippen LogP contribution in [0.1, 0.15) is 12.8 Å². The van der Waals surface area contributed by atoms with E-state index in [1.807, 2.05) is 0 Å². The standard InChI is InChI=1S/C6H8O7.C3H5NO/c7-3(8)1-6(13,5(11)12)2-4(9)10;1-2-3(4)5/h13H,1-2H2,(H,7,8)(H,9,10)(H,11,12);2H,1H2,(H2,4,5). The van der Waals surface area contributed by atoms with Gasteiger partial charge in [-0.3, -0.25) is 14.4 Å². The Bertz CT molecular complexity index is 346. The van der Waals surface area contributed by atoms with E-state index in [0.29, 0.717) is 0 Å². The summed E-state index contributed by atoms with van der Waals surface area (Å²) in [5, 5.41) is 33.8. The third-order valence-corrected chi connectivity index (χ3v) is 1.49. The highest BCUT2D eigenvalue weighted by molar-refractivity contribution is 5.88. The van der Waals surface area contributed by atoms with E-state index in [0.717, 1.165) is 6.08 Å². The highest BCUT2D eigenvalue weighted by Gasteiger charge is 2.40. The summed E-state index contributed by atoms with van der Waals surface area (Å²) in [5.41, 5.74) is 1.80. The Balaban J connectivity index is 0. The van der Waals surface area contributed by atoms with Crippen molar-refractivity contribution in [3.05, 3.63) is 12.7 Å². The number of aliphatic carboxylic acids is 3. The lowest BCUT2D eigenvalue weighted by Gasteiger charge is -2.18. The topological polar surface area (TPSA) is 175 Å². The van der Waals surface area contributed by atoms with E-state index in [-0.39, 0.29) is 0 Å².